The highest BCUT2D eigenvalue weighted by Gasteiger charge is 2.33. The first-order valence-corrected chi connectivity index (χ1v) is 14.1. The topological polar surface area (TPSA) is 121 Å². The summed E-state index contributed by atoms with van der Waals surface area (Å²) in [4.78, 5) is 1.75. The largest absolute Gasteiger partial charge is 0.348 e. The lowest BCUT2D eigenvalue weighted by molar-refractivity contribution is 0.445. The summed E-state index contributed by atoms with van der Waals surface area (Å²) in [5.41, 5.74) is 0. The molecule has 2 aliphatic rings. The summed E-state index contributed by atoms with van der Waals surface area (Å²) in [6.07, 6.45) is 0. The SMILES string of the molecule is CCN(CC)S(=O)(=O)c1ccc2c(c1)S(=O)(=O)N=C(N1CCS(=O)(=O)CC1)S2. The van der Waals surface area contributed by atoms with Gasteiger partial charge in [-0.2, -0.15) is 12.7 Å². The molecular formula is C15H21N3O6S4. The first-order chi connectivity index (χ1) is 13.0. The smallest absolute Gasteiger partial charge is 0.285 e. The molecule has 0 bridgehead atoms. The van der Waals surface area contributed by atoms with E-state index in [1.165, 1.54) is 16.4 Å². The Labute approximate surface area is 169 Å². The number of sulfonamides is 2. The average molecular weight is 468 g/mol. The van der Waals surface area contributed by atoms with Crippen molar-refractivity contribution in [3.63, 3.8) is 0 Å². The molecule has 0 N–H and O–H groups in total. The van der Waals surface area contributed by atoms with Gasteiger partial charge in [-0.3, -0.25) is 0 Å². The summed E-state index contributed by atoms with van der Waals surface area (Å²) in [5, 5.41) is 0.210. The minimum absolute atomic E-state index is 0.0550. The number of benzene rings is 1. The molecule has 1 aromatic carbocycles. The van der Waals surface area contributed by atoms with Crippen molar-refractivity contribution < 1.29 is 25.3 Å². The van der Waals surface area contributed by atoms with Crippen molar-refractivity contribution in [1.82, 2.24) is 9.21 Å². The van der Waals surface area contributed by atoms with Crippen LogP contribution in [0.15, 0.2) is 37.3 Å². The molecule has 0 aromatic heterocycles. The quantitative estimate of drug-likeness (QED) is 0.631. The number of nitrogens with zero attached hydrogens (tertiary/aromatic N) is 3. The van der Waals surface area contributed by atoms with Gasteiger partial charge in [0, 0.05) is 31.1 Å². The van der Waals surface area contributed by atoms with E-state index in [0.717, 1.165) is 17.8 Å². The number of sulfone groups is 1. The summed E-state index contributed by atoms with van der Waals surface area (Å²) in [7, 11) is -11.0. The van der Waals surface area contributed by atoms with E-state index in [9.17, 15) is 25.3 Å². The van der Waals surface area contributed by atoms with Crippen molar-refractivity contribution in [3.8, 4) is 0 Å². The molecule has 156 valence electrons. The van der Waals surface area contributed by atoms with Crippen LogP contribution in [0, 0.1) is 0 Å². The number of fused-ring (bicyclic) bond motifs is 1. The maximum atomic E-state index is 12.7. The van der Waals surface area contributed by atoms with E-state index in [1.54, 1.807) is 18.7 Å². The zero-order valence-electron chi connectivity index (χ0n) is 15.4. The zero-order chi connectivity index (χ0) is 20.7. The van der Waals surface area contributed by atoms with Gasteiger partial charge in [0.1, 0.15) is 4.90 Å². The minimum Gasteiger partial charge on any atom is -0.348 e. The number of rotatable bonds is 4. The standard InChI is InChI=1S/C15H21N3O6S4/c1-3-18(4-2)28(23,24)12-5-6-13-14(11-12)27(21,22)16-15(25-13)17-7-9-26(19,20)10-8-17/h5-6,11H,3-4,7-10H2,1-2H3. The molecule has 1 fully saturated rings. The van der Waals surface area contributed by atoms with Crippen molar-refractivity contribution >= 4 is 46.8 Å². The van der Waals surface area contributed by atoms with Crippen LogP contribution < -0.4 is 0 Å². The highest BCUT2D eigenvalue weighted by atomic mass is 32.2. The molecule has 0 unspecified atom stereocenters. The predicted octanol–water partition coefficient (Wildman–Crippen LogP) is 0.598. The number of hydrogen-bond donors (Lipinski definition) is 0. The number of hydrogen-bond acceptors (Lipinski definition) is 8. The van der Waals surface area contributed by atoms with Crippen molar-refractivity contribution in [2.75, 3.05) is 37.7 Å². The second kappa shape index (κ2) is 7.59. The predicted molar refractivity (Wildman–Crippen MR) is 107 cm³/mol. The fourth-order valence-corrected chi connectivity index (χ4v) is 8.41. The van der Waals surface area contributed by atoms with Gasteiger partial charge in [0.2, 0.25) is 10.0 Å². The molecule has 0 aliphatic carbocycles. The van der Waals surface area contributed by atoms with E-state index >= 15 is 0 Å². The summed E-state index contributed by atoms with van der Waals surface area (Å²) < 4.78 is 79.0. The molecule has 1 saturated heterocycles. The van der Waals surface area contributed by atoms with Gasteiger partial charge in [-0.25, -0.2) is 16.8 Å². The van der Waals surface area contributed by atoms with Crippen molar-refractivity contribution in [2.45, 2.75) is 28.5 Å². The van der Waals surface area contributed by atoms with E-state index < -0.39 is 29.9 Å². The Balaban J connectivity index is 1.96. The number of amidine groups is 1. The maximum Gasteiger partial charge on any atom is 0.285 e. The molecule has 2 aliphatic heterocycles. The summed E-state index contributed by atoms with van der Waals surface area (Å²) in [5.74, 6) is -0.110. The van der Waals surface area contributed by atoms with E-state index in [-0.39, 0.29) is 52.6 Å². The van der Waals surface area contributed by atoms with Crippen LogP contribution in [0.5, 0.6) is 0 Å². The third kappa shape index (κ3) is 4.08. The van der Waals surface area contributed by atoms with Crippen molar-refractivity contribution in [3.05, 3.63) is 18.2 Å². The Morgan fingerprint density at radius 3 is 2.29 bits per heavy atom. The van der Waals surface area contributed by atoms with E-state index in [1.807, 2.05) is 0 Å². The van der Waals surface area contributed by atoms with Crippen LogP contribution in [0.2, 0.25) is 0 Å². The molecule has 13 heteroatoms. The Kier molecular flexibility index (Phi) is 5.85. The van der Waals surface area contributed by atoms with E-state index in [0.29, 0.717) is 4.90 Å². The lowest BCUT2D eigenvalue weighted by Crippen LogP contribution is -2.43. The molecule has 3 rings (SSSR count). The molecule has 0 saturated carbocycles. The van der Waals surface area contributed by atoms with Gasteiger partial charge < -0.3 is 4.90 Å². The highest BCUT2D eigenvalue weighted by Crippen LogP contribution is 2.37. The highest BCUT2D eigenvalue weighted by molar-refractivity contribution is 8.15. The van der Waals surface area contributed by atoms with Crippen LogP contribution in [0.1, 0.15) is 13.8 Å². The molecule has 0 radical (unpaired) electrons. The molecule has 28 heavy (non-hydrogen) atoms. The Bertz CT molecular complexity index is 1110. The fourth-order valence-electron chi connectivity index (χ4n) is 2.94. The van der Waals surface area contributed by atoms with Crippen molar-refractivity contribution in [2.24, 2.45) is 4.40 Å². The Morgan fingerprint density at radius 2 is 1.71 bits per heavy atom. The summed E-state index contributed by atoms with van der Waals surface area (Å²) in [6, 6.07) is 3.99. The summed E-state index contributed by atoms with van der Waals surface area (Å²) in [6.45, 7) is 4.32. The Hall–Kier alpha value is -1.15. The molecule has 0 amide bonds. The van der Waals surface area contributed by atoms with Crippen LogP contribution in [0.25, 0.3) is 0 Å². The van der Waals surface area contributed by atoms with Crippen LogP contribution in [-0.4, -0.2) is 77.3 Å². The fraction of sp³-hybridized carbons (Fsp3) is 0.533. The first-order valence-electron chi connectivity index (χ1n) is 8.62. The second-order valence-corrected chi connectivity index (χ2v) is 13.1. The molecule has 0 spiro atoms. The van der Waals surface area contributed by atoms with Crippen molar-refractivity contribution in [1.29, 1.82) is 0 Å². The average Bonchev–Trinajstić information content (AvgIpc) is 2.61. The van der Waals surface area contributed by atoms with Gasteiger partial charge in [-0.1, -0.05) is 13.8 Å². The zero-order valence-corrected chi connectivity index (χ0v) is 18.7. The minimum atomic E-state index is -4.10. The van der Waals surface area contributed by atoms with Crippen LogP contribution in [-0.2, 0) is 29.9 Å². The molecule has 1 aromatic rings. The second-order valence-electron chi connectivity index (χ2n) is 6.29. The van der Waals surface area contributed by atoms with Gasteiger partial charge in [0.05, 0.1) is 16.4 Å². The molecule has 2 heterocycles. The number of thioether (sulfide) groups is 1. The lowest BCUT2D eigenvalue weighted by Gasteiger charge is -2.30. The normalized spacial score (nSPS) is 21.2. The van der Waals surface area contributed by atoms with Gasteiger partial charge in [0.15, 0.2) is 15.0 Å². The molecule has 9 nitrogen and oxygen atoms in total. The van der Waals surface area contributed by atoms with Crippen LogP contribution in [0.4, 0.5) is 0 Å². The monoisotopic (exact) mass is 467 g/mol. The van der Waals surface area contributed by atoms with E-state index in [2.05, 4.69) is 4.40 Å². The third-order valence-corrected chi connectivity index (χ3v) is 10.9. The van der Waals surface area contributed by atoms with E-state index in [4.69, 9.17) is 0 Å². The van der Waals surface area contributed by atoms with Crippen LogP contribution in [0.3, 0.4) is 0 Å². The van der Waals surface area contributed by atoms with Gasteiger partial charge in [-0.05, 0) is 30.0 Å². The van der Waals surface area contributed by atoms with Crippen LogP contribution >= 0.6 is 11.8 Å². The molecular weight excluding hydrogens is 446 g/mol. The van der Waals surface area contributed by atoms with Gasteiger partial charge in [-0.15, -0.1) is 4.40 Å². The maximum absolute atomic E-state index is 12.7. The third-order valence-electron chi connectivity index (χ3n) is 4.55. The van der Waals surface area contributed by atoms with Gasteiger partial charge in [0.25, 0.3) is 10.0 Å². The lowest BCUT2D eigenvalue weighted by atomic mass is 10.4. The summed E-state index contributed by atoms with van der Waals surface area (Å²) >= 11 is 1.10. The first kappa shape index (κ1) is 21.6. The van der Waals surface area contributed by atoms with Gasteiger partial charge >= 0.3 is 0 Å². The Morgan fingerprint density at radius 1 is 1.11 bits per heavy atom. The molecule has 0 atom stereocenters.